The van der Waals surface area contributed by atoms with Crippen LogP contribution in [0.5, 0.6) is 0 Å². The van der Waals surface area contributed by atoms with E-state index in [4.69, 9.17) is 11.6 Å². The van der Waals surface area contributed by atoms with Crippen molar-refractivity contribution in [2.75, 3.05) is 13.1 Å². The standard InChI is InChI=1S/C25H23ClN2O2S/c1-16-14-21(29)24(25(30)27-12-6-7-13-27)20-15-23(17-8-2-3-9-18(17)26)31-22-11-5-4-10-19(22)28(16)20/h2-5,8-11,14,23H,6-7,12-13,15H2,1H3/t23-/m0/s1. The maximum absolute atomic E-state index is 13.5. The molecule has 3 heterocycles. The van der Waals surface area contributed by atoms with E-state index in [9.17, 15) is 9.59 Å². The second-order valence-corrected chi connectivity index (χ2v) is 9.76. The van der Waals surface area contributed by atoms with Crippen molar-refractivity contribution in [2.24, 2.45) is 0 Å². The van der Waals surface area contributed by atoms with Gasteiger partial charge in [0.25, 0.3) is 5.91 Å². The molecule has 0 bridgehead atoms. The number of halogens is 1. The maximum atomic E-state index is 13.5. The Morgan fingerprint density at radius 2 is 1.77 bits per heavy atom. The largest absolute Gasteiger partial charge is 0.338 e. The Morgan fingerprint density at radius 3 is 2.55 bits per heavy atom. The van der Waals surface area contributed by atoms with E-state index >= 15 is 0 Å². The quantitative estimate of drug-likeness (QED) is 0.523. The molecule has 2 aromatic carbocycles. The Hall–Kier alpha value is -2.50. The zero-order chi connectivity index (χ0) is 21.5. The number of fused-ring (bicyclic) bond motifs is 3. The van der Waals surface area contributed by atoms with Gasteiger partial charge in [-0.2, -0.15) is 0 Å². The number of para-hydroxylation sites is 1. The molecule has 2 aliphatic rings. The number of likely N-dealkylation sites (tertiary alicyclic amines) is 1. The molecular formula is C25H23ClN2O2S. The highest BCUT2D eigenvalue weighted by molar-refractivity contribution is 7.99. The minimum atomic E-state index is -0.192. The fourth-order valence-electron chi connectivity index (χ4n) is 4.65. The van der Waals surface area contributed by atoms with E-state index in [1.807, 2.05) is 48.2 Å². The summed E-state index contributed by atoms with van der Waals surface area (Å²) < 4.78 is 2.10. The van der Waals surface area contributed by atoms with Gasteiger partial charge in [-0.15, -0.1) is 11.8 Å². The third-order valence-corrected chi connectivity index (χ3v) is 7.76. The average Bonchev–Trinajstić information content (AvgIpc) is 3.23. The summed E-state index contributed by atoms with van der Waals surface area (Å²) in [7, 11) is 0. The molecule has 1 atom stereocenters. The summed E-state index contributed by atoms with van der Waals surface area (Å²) in [6, 6.07) is 17.6. The lowest BCUT2D eigenvalue weighted by Gasteiger charge is -2.23. The molecular weight excluding hydrogens is 428 g/mol. The SMILES string of the molecule is Cc1cc(=O)c(C(=O)N2CCCC2)c2n1-c1ccccc1S[C@H](c1ccccc1Cl)C2. The number of thioether (sulfide) groups is 1. The third kappa shape index (κ3) is 3.60. The summed E-state index contributed by atoms with van der Waals surface area (Å²) >= 11 is 8.31. The molecule has 0 N–H and O–H groups in total. The molecule has 6 heteroatoms. The minimum Gasteiger partial charge on any atom is -0.338 e. The van der Waals surface area contributed by atoms with Crippen LogP contribution in [0.3, 0.4) is 0 Å². The van der Waals surface area contributed by atoms with Crippen LogP contribution in [0.4, 0.5) is 0 Å². The molecule has 1 amide bonds. The molecule has 0 aliphatic carbocycles. The van der Waals surface area contributed by atoms with Crippen LogP contribution in [0.2, 0.25) is 5.02 Å². The van der Waals surface area contributed by atoms with Crippen LogP contribution < -0.4 is 5.43 Å². The first-order valence-corrected chi connectivity index (χ1v) is 11.9. The Kier molecular flexibility index (Phi) is 5.40. The Morgan fingerprint density at radius 1 is 1.06 bits per heavy atom. The van der Waals surface area contributed by atoms with E-state index in [0.717, 1.165) is 40.4 Å². The summed E-state index contributed by atoms with van der Waals surface area (Å²) in [6.45, 7) is 3.36. The van der Waals surface area contributed by atoms with E-state index in [1.165, 1.54) is 0 Å². The van der Waals surface area contributed by atoms with E-state index in [1.54, 1.807) is 17.8 Å². The van der Waals surface area contributed by atoms with Gasteiger partial charge in [0.1, 0.15) is 5.56 Å². The van der Waals surface area contributed by atoms with Gasteiger partial charge in [-0.25, -0.2) is 0 Å². The van der Waals surface area contributed by atoms with Gasteiger partial charge in [0, 0.05) is 52.1 Å². The van der Waals surface area contributed by atoms with E-state index < -0.39 is 0 Å². The number of amides is 1. The first kappa shape index (κ1) is 20.4. The Balaban J connectivity index is 1.76. The summed E-state index contributed by atoms with van der Waals surface area (Å²) in [6.07, 6.45) is 2.53. The van der Waals surface area contributed by atoms with Crippen LogP contribution in [0.25, 0.3) is 5.69 Å². The molecule has 0 saturated carbocycles. The fourth-order valence-corrected chi connectivity index (χ4v) is 6.30. The van der Waals surface area contributed by atoms with Gasteiger partial charge in [-0.3, -0.25) is 9.59 Å². The lowest BCUT2D eigenvalue weighted by molar-refractivity contribution is 0.0789. The molecule has 3 aromatic rings. The lowest BCUT2D eigenvalue weighted by atomic mass is 10.0. The smallest absolute Gasteiger partial charge is 0.259 e. The van der Waals surface area contributed by atoms with Crippen LogP contribution >= 0.6 is 23.4 Å². The van der Waals surface area contributed by atoms with Crippen LogP contribution in [-0.2, 0) is 6.42 Å². The van der Waals surface area contributed by atoms with Gasteiger partial charge in [0.2, 0.25) is 0 Å². The monoisotopic (exact) mass is 450 g/mol. The maximum Gasteiger partial charge on any atom is 0.259 e. The predicted molar refractivity (Wildman–Crippen MR) is 126 cm³/mol. The average molecular weight is 451 g/mol. The van der Waals surface area contributed by atoms with Crippen molar-refractivity contribution in [2.45, 2.75) is 36.3 Å². The number of aryl methyl sites for hydroxylation is 1. The normalized spacial score (nSPS) is 17.7. The number of aromatic nitrogens is 1. The highest BCUT2D eigenvalue weighted by atomic mass is 35.5. The number of nitrogens with zero attached hydrogens (tertiary/aromatic N) is 2. The van der Waals surface area contributed by atoms with Crippen LogP contribution in [0.1, 0.15) is 45.4 Å². The van der Waals surface area contributed by atoms with Gasteiger partial charge >= 0.3 is 0 Å². The second kappa shape index (κ2) is 8.21. The first-order valence-electron chi connectivity index (χ1n) is 10.6. The number of hydrogen-bond acceptors (Lipinski definition) is 3. The molecule has 0 spiro atoms. The molecule has 31 heavy (non-hydrogen) atoms. The van der Waals surface area contributed by atoms with Crippen molar-refractivity contribution in [3.8, 4) is 5.69 Å². The molecule has 1 saturated heterocycles. The minimum absolute atomic E-state index is 0.00470. The summed E-state index contributed by atoms with van der Waals surface area (Å²) in [5.41, 5.74) is 3.76. The molecule has 0 unspecified atom stereocenters. The fraction of sp³-hybridized carbons (Fsp3) is 0.280. The number of benzene rings is 2. The molecule has 158 valence electrons. The van der Waals surface area contributed by atoms with Crippen molar-refractivity contribution < 1.29 is 4.79 Å². The van der Waals surface area contributed by atoms with Gasteiger partial charge in [-0.05, 0) is 43.5 Å². The van der Waals surface area contributed by atoms with Crippen molar-refractivity contribution in [3.63, 3.8) is 0 Å². The molecule has 5 rings (SSSR count). The number of carbonyl (C=O) groups excluding carboxylic acids is 1. The van der Waals surface area contributed by atoms with Crippen LogP contribution in [-0.4, -0.2) is 28.5 Å². The Labute approximate surface area is 190 Å². The number of hydrogen-bond donors (Lipinski definition) is 0. The first-order chi connectivity index (χ1) is 15.0. The number of carbonyl (C=O) groups is 1. The van der Waals surface area contributed by atoms with Crippen molar-refractivity contribution >= 4 is 29.3 Å². The lowest BCUT2D eigenvalue weighted by Crippen LogP contribution is -2.34. The van der Waals surface area contributed by atoms with E-state index in [2.05, 4.69) is 16.7 Å². The highest BCUT2D eigenvalue weighted by Gasteiger charge is 2.32. The van der Waals surface area contributed by atoms with Crippen molar-refractivity contribution in [3.05, 3.63) is 92.4 Å². The van der Waals surface area contributed by atoms with Crippen LogP contribution in [0.15, 0.2) is 64.3 Å². The second-order valence-electron chi connectivity index (χ2n) is 8.11. The number of pyridine rings is 1. The summed E-state index contributed by atoms with van der Waals surface area (Å²) in [5, 5.41) is 0.697. The molecule has 2 aliphatic heterocycles. The van der Waals surface area contributed by atoms with Gasteiger partial charge in [-0.1, -0.05) is 41.9 Å². The van der Waals surface area contributed by atoms with Crippen molar-refractivity contribution in [1.29, 1.82) is 0 Å². The molecule has 1 fully saturated rings. The van der Waals surface area contributed by atoms with Gasteiger partial charge < -0.3 is 9.47 Å². The predicted octanol–water partition coefficient (Wildman–Crippen LogP) is 5.42. The zero-order valence-electron chi connectivity index (χ0n) is 17.3. The summed E-state index contributed by atoms with van der Waals surface area (Å²) in [4.78, 5) is 29.5. The molecule has 1 aromatic heterocycles. The molecule has 0 radical (unpaired) electrons. The third-order valence-electron chi connectivity index (χ3n) is 6.11. The van der Waals surface area contributed by atoms with Crippen molar-refractivity contribution in [1.82, 2.24) is 9.47 Å². The zero-order valence-corrected chi connectivity index (χ0v) is 18.9. The number of rotatable bonds is 2. The molecule has 4 nitrogen and oxygen atoms in total. The van der Waals surface area contributed by atoms with E-state index in [0.29, 0.717) is 30.1 Å². The Bertz CT molecular complexity index is 1230. The topological polar surface area (TPSA) is 42.3 Å². The van der Waals surface area contributed by atoms with E-state index in [-0.39, 0.29) is 16.6 Å². The van der Waals surface area contributed by atoms with Gasteiger partial charge in [0.15, 0.2) is 5.43 Å². The van der Waals surface area contributed by atoms with Gasteiger partial charge in [0.05, 0.1) is 5.69 Å². The highest BCUT2D eigenvalue weighted by Crippen LogP contribution is 2.46. The summed E-state index contributed by atoms with van der Waals surface area (Å²) in [5.74, 6) is -0.145. The van der Waals surface area contributed by atoms with Crippen LogP contribution in [0, 0.1) is 6.92 Å².